The zero-order chi connectivity index (χ0) is 36.7. The predicted molar refractivity (Wildman–Crippen MR) is 237 cm³/mol. The normalized spacial score (nSPS) is 13.1. The number of anilines is 3. The van der Waals surface area contributed by atoms with Gasteiger partial charge in [-0.1, -0.05) is 172 Å². The van der Waals surface area contributed by atoms with Gasteiger partial charge in [0.05, 0.1) is 11.4 Å². The number of thiophene rings is 1. The first-order chi connectivity index (χ1) is 27.1. The molecule has 9 aromatic carbocycles. The third kappa shape index (κ3) is 4.85. The molecule has 0 N–H and O–H groups in total. The van der Waals surface area contributed by atoms with Gasteiger partial charge in [0.25, 0.3) is 0 Å². The highest BCUT2D eigenvalue weighted by molar-refractivity contribution is 7.26. The molecule has 0 fully saturated rings. The molecule has 0 radical (unpaired) electrons. The van der Waals surface area contributed by atoms with Crippen LogP contribution in [0.4, 0.5) is 17.1 Å². The van der Waals surface area contributed by atoms with Crippen LogP contribution >= 0.6 is 11.3 Å². The summed E-state index contributed by atoms with van der Waals surface area (Å²) in [5.41, 5.74) is 13.6. The molecule has 2 heteroatoms. The Kier molecular flexibility index (Phi) is 7.14. The van der Waals surface area contributed by atoms with Gasteiger partial charge in [0.15, 0.2) is 0 Å². The lowest BCUT2D eigenvalue weighted by atomic mass is 9.82. The molecule has 0 saturated heterocycles. The summed E-state index contributed by atoms with van der Waals surface area (Å²) in [5.74, 6) is 0. The maximum absolute atomic E-state index is 2.51. The van der Waals surface area contributed by atoms with E-state index in [1.807, 2.05) is 11.3 Å². The van der Waals surface area contributed by atoms with Crippen LogP contribution in [0, 0.1) is 0 Å². The molecule has 0 spiro atoms. The van der Waals surface area contributed by atoms with Crippen molar-refractivity contribution < 1.29 is 0 Å². The van der Waals surface area contributed by atoms with Crippen molar-refractivity contribution in [1.82, 2.24) is 0 Å². The van der Waals surface area contributed by atoms with Gasteiger partial charge in [0.2, 0.25) is 0 Å². The fourth-order valence-electron chi connectivity index (χ4n) is 9.27. The first-order valence-corrected chi connectivity index (χ1v) is 19.9. The molecule has 0 atom stereocenters. The quantitative estimate of drug-likeness (QED) is 0.171. The van der Waals surface area contributed by atoms with Gasteiger partial charge in [-0.15, -0.1) is 11.3 Å². The minimum Gasteiger partial charge on any atom is -0.309 e. The summed E-state index contributed by atoms with van der Waals surface area (Å²) in [4.78, 5) is 2.51. The van der Waals surface area contributed by atoms with E-state index in [9.17, 15) is 0 Å². The fourth-order valence-corrected chi connectivity index (χ4v) is 10.5. The molecular weight excluding hydrogens is 683 g/mol. The van der Waals surface area contributed by atoms with Crippen molar-refractivity contribution in [3.63, 3.8) is 0 Å². The average Bonchev–Trinajstić information content (AvgIpc) is 3.73. The van der Waals surface area contributed by atoms with Crippen molar-refractivity contribution >= 4 is 70.1 Å². The standard InChI is InChI=1S/C53H37NS/c1-53(2)45-23-8-5-20-44(45)51-46(53)24-13-26-48(51)54(47-25-9-6-18-41(47)40-22-11-15-34-14-3-4-17-38(34)40)37-31-28-35(29-32-37)39-21-12-16-36-30-33-43-42-19-7-10-27-49(42)55-52(43)50(36)39/h3-33H,1-2H3. The molecule has 1 aromatic heterocycles. The monoisotopic (exact) mass is 719 g/mol. The molecule has 0 bridgehead atoms. The molecule has 10 aromatic rings. The van der Waals surface area contributed by atoms with E-state index in [2.05, 4.69) is 207 Å². The van der Waals surface area contributed by atoms with Crippen LogP contribution in [0.3, 0.4) is 0 Å². The van der Waals surface area contributed by atoms with E-state index >= 15 is 0 Å². The van der Waals surface area contributed by atoms with E-state index < -0.39 is 0 Å². The molecule has 55 heavy (non-hydrogen) atoms. The number of hydrogen-bond acceptors (Lipinski definition) is 2. The van der Waals surface area contributed by atoms with E-state index in [-0.39, 0.29) is 5.41 Å². The fraction of sp³-hybridized carbons (Fsp3) is 0.0566. The minimum absolute atomic E-state index is 0.112. The Hall–Kier alpha value is -6.48. The highest BCUT2D eigenvalue weighted by atomic mass is 32.1. The summed E-state index contributed by atoms with van der Waals surface area (Å²) in [6.07, 6.45) is 0. The Bertz CT molecular complexity index is 3120. The molecular formula is C53H37NS. The van der Waals surface area contributed by atoms with Crippen LogP contribution in [0.5, 0.6) is 0 Å². The Morgan fingerprint density at radius 1 is 0.418 bits per heavy atom. The molecule has 1 nitrogen and oxygen atoms in total. The van der Waals surface area contributed by atoms with Crippen molar-refractivity contribution in [2.45, 2.75) is 19.3 Å². The SMILES string of the molecule is CC1(C)c2ccccc2-c2c(N(c3ccc(-c4cccc5ccc6c7ccccc7sc6c45)cc3)c3ccccc3-c3cccc4ccccc34)cccc21. The van der Waals surface area contributed by atoms with Crippen LogP contribution in [0.1, 0.15) is 25.0 Å². The lowest BCUT2D eigenvalue weighted by Crippen LogP contribution is -2.16. The zero-order valence-corrected chi connectivity index (χ0v) is 31.6. The van der Waals surface area contributed by atoms with Crippen LogP contribution in [0.2, 0.25) is 0 Å². The second-order valence-corrected chi connectivity index (χ2v) is 16.3. The van der Waals surface area contributed by atoms with Gasteiger partial charge in [-0.25, -0.2) is 0 Å². The molecule has 1 aliphatic rings. The maximum Gasteiger partial charge on any atom is 0.0543 e. The first-order valence-electron chi connectivity index (χ1n) is 19.1. The molecule has 1 aliphatic carbocycles. The minimum atomic E-state index is -0.112. The van der Waals surface area contributed by atoms with Gasteiger partial charge < -0.3 is 4.90 Å². The van der Waals surface area contributed by atoms with Crippen LogP contribution in [0.25, 0.3) is 75.1 Å². The van der Waals surface area contributed by atoms with Crippen LogP contribution in [-0.4, -0.2) is 0 Å². The highest BCUT2D eigenvalue weighted by Gasteiger charge is 2.38. The Balaban J connectivity index is 1.14. The van der Waals surface area contributed by atoms with Gasteiger partial charge in [0.1, 0.15) is 0 Å². The molecule has 1 heterocycles. The van der Waals surface area contributed by atoms with E-state index in [1.165, 1.54) is 91.9 Å². The highest BCUT2D eigenvalue weighted by Crippen LogP contribution is 2.55. The molecule has 260 valence electrons. The average molecular weight is 720 g/mol. The van der Waals surface area contributed by atoms with E-state index in [0.29, 0.717) is 0 Å². The van der Waals surface area contributed by atoms with Gasteiger partial charge >= 0.3 is 0 Å². The number of hydrogen-bond donors (Lipinski definition) is 0. The largest absolute Gasteiger partial charge is 0.309 e. The maximum atomic E-state index is 2.51. The van der Waals surface area contributed by atoms with Crippen LogP contribution in [-0.2, 0) is 5.41 Å². The third-order valence-corrected chi connectivity index (χ3v) is 13.1. The summed E-state index contributed by atoms with van der Waals surface area (Å²) in [6, 6.07) is 69.6. The second-order valence-electron chi connectivity index (χ2n) is 15.2. The summed E-state index contributed by atoms with van der Waals surface area (Å²) >= 11 is 1.90. The summed E-state index contributed by atoms with van der Waals surface area (Å²) in [6.45, 7) is 4.73. The summed E-state index contributed by atoms with van der Waals surface area (Å²) in [7, 11) is 0. The van der Waals surface area contributed by atoms with Crippen LogP contribution < -0.4 is 4.90 Å². The van der Waals surface area contributed by atoms with E-state index in [1.54, 1.807) is 0 Å². The zero-order valence-electron chi connectivity index (χ0n) is 30.8. The number of rotatable bonds is 5. The van der Waals surface area contributed by atoms with E-state index in [4.69, 9.17) is 0 Å². The van der Waals surface area contributed by atoms with Crippen molar-refractivity contribution in [3.8, 4) is 33.4 Å². The first kappa shape index (κ1) is 32.0. The summed E-state index contributed by atoms with van der Waals surface area (Å²) < 4.78 is 2.68. The van der Waals surface area contributed by atoms with Gasteiger partial charge in [0, 0.05) is 47.8 Å². The molecule has 0 aliphatic heterocycles. The number of nitrogens with zero attached hydrogens (tertiary/aromatic N) is 1. The van der Waals surface area contributed by atoms with Crippen molar-refractivity contribution in [1.29, 1.82) is 0 Å². The Morgan fingerprint density at radius 3 is 1.91 bits per heavy atom. The smallest absolute Gasteiger partial charge is 0.0543 e. The Morgan fingerprint density at radius 2 is 1.04 bits per heavy atom. The van der Waals surface area contributed by atoms with Crippen LogP contribution in [0.15, 0.2) is 188 Å². The van der Waals surface area contributed by atoms with Crippen molar-refractivity contribution in [2.75, 3.05) is 4.90 Å². The number of benzene rings is 9. The summed E-state index contributed by atoms with van der Waals surface area (Å²) in [5, 5.41) is 7.75. The number of para-hydroxylation sites is 1. The van der Waals surface area contributed by atoms with E-state index in [0.717, 1.165) is 11.4 Å². The third-order valence-electron chi connectivity index (χ3n) is 11.9. The van der Waals surface area contributed by atoms with Gasteiger partial charge in [-0.05, 0) is 79.9 Å². The van der Waals surface area contributed by atoms with Crippen molar-refractivity contribution in [3.05, 3.63) is 199 Å². The van der Waals surface area contributed by atoms with Gasteiger partial charge in [-0.3, -0.25) is 0 Å². The lowest BCUT2D eigenvalue weighted by molar-refractivity contribution is 0.660. The van der Waals surface area contributed by atoms with Gasteiger partial charge in [-0.2, -0.15) is 0 Å². The second kappa shape index (κ2) is 12.3. The molecule has 0 unspecified atom stereocenters. The molecule has 0 amide bonds. The lowest BCUT2D eigenvalue weighted by Gasteiger charge is -2.31. The number of fused-ring (bicyclic) bond motifs is 9. The van der Waals surface area contributed by atoms with Crippen molar-refractivity contribution in [2.24, 2.45) is 0 Å². The molecule has 0 saturated carbocycles. The molecule has 11 rings (SSSR count). The Labute approximate surface area is 325 Å². The topological polar surface area (TPSA) is 3.24 Å². The predicted octanol–water partition coefficient (Wildman–Crippen LogP) is 15.5.